The number of aromatic nitrogens is 1. The Morgan fingerprint density at radius 2 is 2.00 bits per heavy atom. The molecule has 1 aromatic carbocycles. The lowest BCUT2D eigenvalue weighted by Gasteiger charge is -2.38. The molecule has 0 spiro atoms. The average molecular weight is 343 g/mol. The molecule has 1 aromatic heterocycles. The van der Waals surface area contributed by atoms with Crippen LogP contribution < -0.4 is 10.3 Å². The van der Waals surface area contributed by atoms with Gasteiger partial charge in [0, 0.05) is 42.6 Å². The molecule has 0 unspecified atom stereocenters. The van der Waals surface area contributed by atoms with Crippen molar-refractivity contribution in [2.75, 3.05) is 26.2 Å². The van der Waals surface area contributed by atoms with E-state index in [9.17, 15) is 9.59 Å². The molecule has 6 heteroatoms. The fraction of sp³-hybridized carbons (Fsp3) is 0.474. The molecule has 1 N–H and O–H groups in total. The van der Waals surface area contributed by atoms with Gasteiger partial charge in [0.15, 0.2) is 0 Å². The third-order valence-corrected chi connectivity index (χ3v) is 4.83. The summed E-state index contributed by atoms with van der Waals surface area (Å²) in [6, 6.07) is 7.34. The lowest BCUT2D eigenvalue weighted by Crippen LogP contribution is -2.55. The second-order valence-corrected chi connectivity index (χ2v) is 6.37. The number of likely N-dealkylation sites (N-methyl/N-ethyl adjacent to an activating group) is 1. The number of amides is 1. The standard InChI is InChI=1S/C19H25N3O3/c1-4-21-8-9-22(13(3)19(21)24)12-15-10-14-11-16(25-5-2)6-7-17(14)20-18(15)23/h6-7,10-11,13H,4-5,8-9,12H2,1-3H3,(H,20,23)/t13-/m1/s1. The second kappa shape index (κ2) is 7.27. The number of carbonyl (C=O) groups is 1. The van der Waals surface area contributed by atoms with Crippen LogP contribution >= 0.6 is 0 Å². The Kier molecular flexibility index (Phi) is 5.08. The van der Waals surface area contributed by atoms with Gasteiger partial charge in [-0.25, -0.2) is 0 Å². The van der Waals surface area contributed by atoms with Crippen molar-refractivity contribution in [2.45, 2.75) is 33.4 Å². The van der Waals surface area contributed by atoms with Crippen molar-refractivity contribution in [3.05, 3.63) is 40.2 Å². The minimum atomic E-state index is -0.210. The number of fused-ring (bicyclic) bond motifs is 1. The topological polar surface area (TPSA) is 65.6 Å². The summed E-state index contributed by atoms with van der Waals surface area (Å²) in [4.78, 5) is 31.6. The van der Waals surface area contributed by atoms with E-state index in [1.54, 1.807) is 0 Å². The van der Waals surface area contributed by atoms with Crippen molar-refractivity contribution < 1.29 is 9.53 Å². The van der Waals surface area contributed by atoms with Crippen LogP contribution in [0.3, 0.4) is 0 Å². The molecule has 3 rings (SSSR count). The maximum absolute atomic E-state index is 12.4. The summed E-state index contributed by atoms with van der Waals surface area (Å²) in [6.07, 6.45) is 0. The Balaban J connectivity index is 1.86. The average Bonchev–Trinajstić information content (AvgIpc) is 2.60. The number of rotatable bonds is 5. The van der Waals surface area contributed by atoms with Gasteiger partial charge >= 0.3 is 0 Å². The molecule has 0 aliphatic carbocycles. The molecule has 0 bridgehead atoms. The highest BCUT2D eigenvalue weighted by molar-refractivity contribution is 5.82. The molecule has 2 aromatic rings. The molecule has 25 heavy (non-hydrogen) atoms. The number of pyridine rings is 1. The highest BCUT2D eigenvalue weighted by Crippen LogP contribution is 2.20. The number of hydrogen-bond acceptors (Lipinski definition) is 4. The van der Waals surface area contributed by atoms with Gasteiger partial charge in [0.2, 0.25) is 5.91 Å². The van der Waals surface area contributed by atoms with Crippen LogP contribution in [0.2, 0.25) is 0 Å². The van der Waals surface area contributed by atoms with Crippen molar-refractivity contribution in [1.29, 1.82) is 0 Å². The van der Waals surface area contributed by atoms with Crippen LogP contribution in [0, 0.1) is 0 Å². The fourth-order valence-corrected chi connectivity index (χ4v) is 3.33. The van der Waals surface area contributed by atoms with E-state index in [-0.39, 0.29) is 17.5 Å². The summed E-state index contributed by atoms with van der Waals surface area (Å²) in [7, 11) is 0. The van der Waals surface area contributed by atoms with Gasteiger partial charge in [-0.3, -0.25) is 14.5 Å². The molecule has 1 saturated heterocycles. The van der Waals surface area contributed by atoms with E-state index in [1.165, 1.54) is 0 Å². The first-order valence-electron chi connectivity index (χ1n) is 8.85. The Morgan fingerprint density at radius 1 is 1.20 bits per heavy atom. The van der Waals surface area contributed by atoms with Crippen LogP contribution in [0.25, 0.3) is 10.9 Å². The molecule has 0 saturated carbocycles. The lowest BCUT2D eigenvalue weighted by atomic mass is 10.1. The quantitative estimate of drug-likeness (QED) is 0.901. The van der Waals surface area contributed by atoms with Crippen LogP contribution in [0.4, 0.5) is 0 Å². The maximum atomic E-state index is 12.4. The number of nitrogens with zero attached hydrogens (tertiary/aromatic N) is 2. The Hall–Kier alpha value is -2.34. The zero-order chi connectivity index (χ0) is 18.0. The predicted molar refractivity (Wildman–Crippen MR) is 97.9 cm³/mol. The lowest BCUT2D eigenvalue weighted by molar-refractivity contribution is -0.141. The van der Waals surface area contributed by atoms with Crippen LogP contribution in [0.15, 0.2) is 29.1 Å². The second-order valence-electron chi connectivity index (χ2n) is 6.37. The van der Waals surface area contributed by atoms with Crippen molar-refractivity contribution in [2.24, 2.45) is 0 Å². The van der Waals surface area contributed by atoms with Crippen molar-refractivity contribution >= 4 is 16.8 Å². The smallest absolute Gasteiger partial charge is 0.252 e. The molecule has 1 atom stereocenters. The molecular weight excluding hydrogens is 318 g/mol. The number of H-pyrrole nitrogens is 1. The fourth-order valence-electron chi connectivity index (χ4n) is 3.33. The van der Waals surface area contributed by atoms with Crippen LogP contribution in [0.1, 0.15) is 26.3 Å². The number of hydrogen-bond donors (Lipinski definition) is 1. The summed E-state index contributed by atoms with van der Waals surface area (Å²) in [5, 5.41) is 0.937. The first-order chi connectivity index (χ1) is 12.0. The van der Waals surface area contributed by atoms with Crippen molar-refractivity contribution in [3.63, 3.8) is 0 Å². The molecule has 1 aliphatic heterocycles. The van der Waals surface area contributed by atoms with Gasteiger partial charge in [-0.1, -0.05) is 0 Å². The molecule has 6 nitrogen and oxygen atoms in total. The summed E-state index contributed by atoms with van der Waals surface area (Å²) >= 11 is 0. The summed E-state index contributed by atoms with van der Waals surface area (Å²) in [5.74, 6) is 0.915. The van der Waals surface area contributed by atoms with Gasteiger partial charge in [0.1, 0.15) is 5.75 Å². The summed E-state index contributed by atoms with van der Waals surface area (Å²) in [5.41, 5.74) is 1.36. The molecule has 1 amide bonds. The van der Waals surface area contributed by atoms with Crippen LogP contribution in [-0.4, -0.2) is 53.0 Å². The SMILES string of the molecule is CCOc1ccc2[nH]c(=O)c(CN3CCN(CC)C(=O)[C@H]3C)cc2c1. The third kappa shape index (κ3) is 3.54. The van der Waals surface area contributed by atoms with Gasteiger partial charge in [-0.15, -0.1) is 0 Å². The number of ether oxygens (including phenoxy) is 1. The van der Waals surface area contributed by atoms with E-state index in [0.717, 1.165) is 29.7 Å². The van der Waals surface area contributed by atoms with Crippen LogP contribution in [0.5, 0.6) is 5.75 Å². The molecule has 1 fully saturated rings. The highest BCUT2D eigenvalue weighted by atomic mass is 16.5. The molecule has 134 valence electrons. The van der Waals surface area contributed by atoms with Gasteiger partial charge in [0.25, 0.3) is 5.56 Å². The molecular formula is C19H25N3O3. The Labute approximate surface area is 147 Å². The normalized spacial score (nSPS) is 18.8. The first-order valence-corrected chi connectivity index (χ1v) is 8.85. The molecule has 2 heterocycles. The van der Waals surface area contributed by atoms with Gasteiger partial charge in [0.05, 0.1) is 12.6 Å². The first kappa shape index (κ1) is 17.5. The van der Waals surface area contributed by atoms with Crippen LogP contribution in [-0.2, 0) is 11.3 Å². The minimum absolute atomic E-state index is 0.103. The minimum Gasteiger partial charge on any atom is -0.494 e. The molecule has 0 radical (unpaired) electrons. The number of benzene rings is 1. The van der Waals surface area contributed by atoms with E-state index in [4.69, 9.17) is 4.74 Å². The van der Waals surface area contributed by atoms with Gasteiger partial charge < -0.3 is 14.6 Å². The zero-order valence-electron chi connectivity index (χ0n) is 15.0. The predicted octanol–water partition coefficient (Wildman–Crippen LogP) is 1.98. The number of aromatic amines is 1. The summed E-state index contributed by atoms with van der Waals surface area (Å²) in [6.45, 7) is 9.12. The zero-order valence-corrected chi connectivity index (χ0v) is 15.0. The van der Waals surface area contributed by atoms with E-state index in [1.807, 2.05) is 49.9 Å². The monoisotopic (exact) mass is 343 g/mol. The maximum Gasteiger partial charge on any atom is 0.252 e. The van der Waals surface area contributed by atoms with Gasteiger partial charge in [-0.2, -0.15) is 0 Å². The number of piperazine rings is 1. The van der Waals surface area contributed by atoms with Crippen molar-refractivity contribution in [3.8, 4) is 5.75 Å². The number of nitrogens with one attached hydrogen (secondary N) is 1. The Bertz CT molecular complexity index is 830. The Morgan fingerprint density at radius 3 is 2.72 bits per heavy atom. The van der Waals surface area contributed by atoms with E-state index >= 15 is 0 Å². The highest BCUT2D eigenvalue weighted by Gasteiger charge is 2.30. The van der Waals surface area contributed by atoms with Crippen molar-refractivity contribution in [1.82, 2.24) is 14.8 Å². The van der Waals surface area contributed by atoms with E-state index in [0.29, 0.717) is 25.3 Å². The third-order valence-electron chi connectivity index (χ3n) is 4.83. The summed E-state index contributed by atoms with van der Waals surface area (Å²) < 4.78 is 5.54. The molecule has 1 aliphatic rings. The largest absolute Gasteiger partial charge is 0.494 e. The van der Waals surface area contributed by atoms with E-state index in [2.05, 4.69) is 9.88 Å². The van der Waals surface area contributed by atoms with Gasteiger partial charge in [-0.05, 0) is 45.0 Å². The number of carbonyl (C=O) groups excluding carboxylic acids is 1. The van der Waals surface area contributed by atoms with E-state index < -0.39 is 0 Å².